The van der Waals surface area contributed by atoms with Gasteiger partial charge in [0, 0.05) is 45.1 Å². The minimum atomic E-state index is 0.987. The Labute approximate surface area is 180 Å². The van der Waals surface area contributed by atoms with Crippen molar-refractivity contribution in [2.75, 3.05) is 38.0 Å². The van der Waals surface area contributed by atoms with Crippen LogP contribution in [0.5, 0.6) is 0 Å². The maximum atomic E-state index is 3.46. The summed E-state index contributed by atoms with van der Waals surface area (Å²) < 4.78 is 0. The Bertz CT molecular complexity index is 676. The molecule has 0 aromatic heterocycles. The highest BCUT2D eigenvalue weighted by molar-refractivity contribution is 5.85. The molecule has 0 saturated heterocycles. The van der Waals surface area contributed by atoms with Crippen molar-refractivity contribution in [1.82, 2.24) is 0 Å². The quantitative estimate of drug-likeness (QED) is 0.472. The van der Waals surface area contributed by atoms with Crippen LogP contribution in [-0.2, 0) is 0 Å². The highest BCUT2D eigenvalue weighted by atomic mass is 15.1. The average Bonchev–Trinajstić information content (AvgIpc) is 3.04. The normalized spacial score (nSPS) is 11.4. The van der Waals surface area contributed by atoms with Crippen molar-refractivity contribution in [3.8, 4) is 0 Å². The summed E-state index contributed by atoms with van der Waals surface area (Å²) in [6.07, 6.45) is 18.9. The number of nitrogens with zero attached hydrogens (tertiary/aromatic N) is 2. The van der Waals surface area contributed by atoms with Crippen LogP contribution in [0.15, 0.2) is 86.0 Å². The van der Waals surface area contributed by atoms with Gasteiger partial charge in [0.2, 0.25) is 0 Å². The highest BCUT2D eigenvalue weighted by Gasteiger charge is 2.10. The number of benzene rings is 1. The molecule has 29 heavy (non-hydrogen) atoms. The molecule has 0 fully saturated rings. The fraction of sp³-hybridized carbons (Fsp3) is 0.333. The van der Waals surface area contributed by atoms with Crippen LogP contribution in [0.1, 0.15) is 39.7 Å². The molecule has 1 aromatic carbocycles. The Morgan fingerprint density at radius 1 is 0.828 bits per heavy atom. The zero-order chi connectivity index (χ0) is 22.7. The molecule has 0 heterocycles. The summed E-state index contributed by atoms with van der Waals surface area (Å²) in [5.41, 5.74) is 5.06. The molecule has 0 radical (unpaired) electrons. The van der Waals surface area contributed by atoms with Gasteiger partial charge in [0.1, 0.15) is 0 Å². The van der Waals surface area contributed by atoms with Crippen LogP contribution in [0, 0.1) is 0 Å². The van der Waals surface area contributed by atoms with Crippen LogP contribution in [0.4, 0.5) is 11.4 Å². The monoisotopic (exact) mass is 394 g/mol. The molecule has 0 bridgehead atoms. The number of hydrogen-bond acceptors (Lipinski definition) is 2. The van der Waals surface area contributed by atoms with E-state index in [1.165, 1.54) is 22.5 Å². The first-order chi connectivity index (χ1) is 14.0. The van der Waals surface area contributed by atoms with E-state index in [4.69, 9.17) is 0 Å². The van der Waals surface area contributed by atoms with Gasteiger partial charge in [-0.05, 0) is 30.2 Å². The summed E-state index contributed by atoms with van der Waals surface area (Å²) in [5.74, 6) is 0. The molecule has 1 aromatic rings. The van der Waals surface area contributed by atoms with Crippen molar-refractivity contribution in [2.45, 2.75) is 34.1 Å². The van der Waals surface area contributed by atoms with Crippen molar-refractivity contribution in [3.63, 3.8) is 0 Å². The molecule has 0 saturated carbocycles. The Kier molecular flexibility index (Phi) is 18.3. The third-order valence-electron chi connectivity index (χ3n) is 3.67. The van der Waals surface area contributed by atoms with Gasteiger partial charge < -0.3 is 9.80 Å². The number of allylic oxidation sites excluding steroid dienone is 10. The van der Waals surface area contributed by atoms with E-state index in [1.54, 1.807) is 12.2 Å². The van der Waals surface area contributed by atoms with Crippen molar-refractivity contribution in [2.24, 2.45) is 0 Å². The predicted octanol–water partition coefficient (Wildman–Crippen LogP) is 7.69. The van der Waals surface area contributed by atoms with E-state index in [1.807, 2.05) is 39.8 Å². The van der Waals surface area contributed by atoms with E-state index in [0.29, 0.717) is 0 Å². The average molecular weight is 395 g/mol. The van der Waals surface area contributed by atoms with Gasteiger partial charge in [-0.1, -0.05) is 95.5 Å². The second-order valence-corrected chi connectivity index (χ2v) is 6.03. The SMILES string of the molecule is C=C/C=C\C=C.CC.CC.CN(C)c1ccc(N(C)C)c(C2=CCC=CC=C2)c1. The Balaban J connectivity index is 0. The molecule has 2 rings (SSSR count). The zero-order valence-electron chi connectivity index (χ0n) is 19.9. The maximum Gasteiger partial charge on any atom is 0.0442 e. The van der Waals surface area contributed by atoms with Crippen molar-refractivity contribution >= 4 is 16.9 Å². The van der Waals surface area contributed by atoms with E-state index < -0.39 is 0 Å². The first-order valence-corrected chi connectivity index (χ1v) is 10.4. The van der Waals surface area contributed by atoms with Gasteiger partial charge in [-0.15, -0.1) is 0 Å². The Morgan fingerprint density at radius 3 is 1.90 bits per heavy atom. The lowest BCUT2D eigenvalue weighted by Crippen LogP contribution is -2.13. The van der Waals surface area contributed by atoms with Crippen molar-refractivity contribution in [3.05, 3.63) is 91.6 Å². The number of anilines is 2. The summed E-state index contributed by atoms with van der Waals surface area (Å²) in [4.78, 5) is 4.31. The minimum Gasteiger partial charge on any atom is -0.378 e. The molecule has 1 aliphatic carbocycles. The van der Waals surface area contributed by atoms with E-state index in [0.717, 1.165) is 6.42 Å². The van der Waals surface area contributed by atoms with Crippen LogP contribution in [0.3, 0.4) is 0 Å². The molecule has 0 aliphatic heterocycles. The molecular formula is C27H42N2. The van der Waals surface area contributed by atoms with E-state index in [-0.39, 0.29) is 0 Å². The standard InChI is InChI=1S/C17H22N2.C6H8.2C2H6/c1-18(2)15-11-12-17(19(3)4)16(13-15)14-9-7-5-6-8-10-14;1-3-5-6-4-2;2*1-2/h5-7,9-13H,8H2,1-4H3;3-6H,1-2H2;2*1-2H3/b;6-5-;;. The second kappa shape index (κ2) is 18.6. The van der Waals surface area contributed by atoms with Crippen LogP contribution >= 0.6 is 0 Å². The number of hydrogen-bond donors (Lipinski definition) is 0. The fourth-order valence-corrected chi connectivity index (χ4v) is 2.36. The molecule has 2 nitrogen and oxygen atoms in total. The van der Waals surface area contributed by atoms with Crippen molar-refractivity contribution in [1.29, 1.82) is 0 Å². The molecular weight excluding hydrogens is 352 g/mol. The van der Waals surface area contributed by atoms with Crippen LogP contribution in [0.25, 0.3) is 5.57 Å². The van der Waals surface area contributed by atoms with Crippen LogP contribution in [-0.4, -0.2) is 28.2 Å². The lowest BCUT2D eigenvalue weighted by molar-refractivity contribution is 1.10. The van der Waals surface area contributed by atoms with Gasteiger partial charge in [-0.3, -0.25) is 0 Å². The topological polar surface area (TPSA) is 6.48 Å². The van der Waals surface area contributed by atoms with Crippen molar-refractivity contribution < 1.29 is 0 Å². The molecule has 0 atom stereocenters. The summed E-state index contributed by atoms with van der Waals surface area (Å²) in [6.45, 7) is 14.9. The van der Waals surface area contributed by atoms with Gasteiger partial charge in [0.05, 0.1) is 0 Å². The molecule has 160 valence electrons. The zero-order valence-corrected chi connectivity index (χ0v) is 19.9. The minimum absolute atomic E-state index is 0.987. The summed E-state index contributed by atoms with van der Waals surface area (Å²) >= 11 is 0. The molecule has 0 N–H and O–H groups in total. The largest absolute Gasteiger partial charge is 0.378 e. The third kappa shape index (κ3) is 11.6. The second-order valence-electron chi connectivity index (χ2n) is 6.03. The Morgan fingerprint density at radius 2 is 1.41 bits per heavy atom. The highest BCUT2D eigenvalue weighted by Crippen LogP contribution is 2.31. The molecule has 1 aliphatic rings. The maximum absolute atomic E-state index is 3.46. The van der Waals surface area contributed by atoms with E-state index in [2.05, 4.69) is 99.7 Å². The smallest absolute Gasteiger partial charge is 0.0442 e. The molecule has 0 unspecified atom stereocenters. The third-order valence-corrected chi connectivity index (χ3v) is 3.67. The van der Waals surface area contributed by atoms with Gasteiger partial charge in [0.15, 0.2) is 0 Å². The van der Waals surface area contributed by atoms with Gasteiger partial charge in [0.25, 0.3) is 0 Å². The fourth-order valence-electron chi connectivity index (χ4n) is 2.36. The summed E-state index contributed by atoms with van der Waals surface area (Å²) in [6, 6.07) is 6.62. The lowest BCUT2D eigenvalue weighted by Gasteiger charge is -2.21. The van der Waals surface area contributed by atoms with Gasteiger partial charge in [-0.25, -0.2) is 0 Å². The first kappa shape index (κ1) is 28.5. The van der Waals surface area contributed by atoms with E-state index in [9.17, 15) is 0 Å². The predicted molar refractivity (Wildman–Crippen MR) is 138 cm³/mol. The lowest BCUT2D eigenvalue weighted by atomic mass is 10.0. The summed E-state index contributed by atoms with van der Waals surface area (Å²) in [7, 11) is 8.33. The number of rotatable bonds is 5. The molecule has 2 heteroatoms. The molecule has 0 amide bonds. The summed E-state index contributed by atoms with van der Waals surface area (Å²) in [5, 5.41) is 0. The Hall–Kier alpha value is -2.74. The first-order valence-electron chi connectivity index (χ1n) is 10.4. The molecule has 0 spiro atoms. The van der Waals surface area contributed by atoms with Gasteiger partial charge in [-0.2, -0.15) is 0 Å². The van der Waals surface area contributed by atoms with E-state index >= 15 is 0 Å². The van der Waals surface area contributed by atoms with Crippen LogP contribution < -0.4 is 9.80 Å². The van der Waals surface area contributed by atoms with Gasteiger partial charge >= 0.3 is 0 Å². The van der Waals surface area contributed by atoms with Crippen LogP contribution in [0.2, 0.25) is 0 Å².